The maximum atomic E-state index is 16.2. The molecule has 0 bridgehead atoms. The lowest BCUT2D eigenvalue weighted by Gasteiger charge is -2.70. The Morgan fingerprint density at radius 2 is 1.81 bits per heavy atom. The minimum absolute atomic E-state index is 0.0203. The number of nitrogens with one attached hydrogen (secondary N) is 1. The van der Waals surface area contributed by atoms with Crippen LogP contribution in [0.2, 0.25) is 0 Å². The predicted molar refractivity (Wildman–Crippen MR) is 265 cm³/mol. The van der Waals surface area contributed by atoms with Crippen molar-refractivity contribution >= 4 is 17.7 Å². The average molecular weight is 993 g/mol. The van der Waals surface area contributed by atoms with E-state index < -0.39 is 69.9 Å². The van der Waals surface area contributed by atoms with Crippen LogP contribution in [0.4, 0.5) is 0 Å². The maximum Gasteiger partial charge on any atom is 0.339 e. The molecule has 10 aliphatic rings. The molecule has 4 saturated carbocycles. The first-order valence-corrected chi connectivity index (χ1v) is 28.2. The first-order chi connectivity index (χ1) is 34.7. The van der Waals surface area contributed by atoms with E-state index in [1.165, 1.54) is 5.56 Å². The van der Waals surface area contributed by atoms with Crippen LogP contribution in [0.1, 0.15) is 141 Å². The third-order valence-corrected chi connectivity index (χ3v) is 21.9. The van der Waals surface area contributed by atoms with Crippen molar-refractivity contribution < 1.29 is 53.1 Å². The van der Waals surface area contributed by atoms with Gasteiger partial charge in [0.2, 0.25) is 0 Å². The average Bonchev–Trinajstić information content (AvgIpc) is 3.61. The summed E-state index contributed by atoms with van der Waals surface area (Å²) in [5, 5.41) is 39.6. The van der Waals surface area contributed by atoms with Gasteiger partial charge in [0, 0.05) is 40.8 Å². The Morgan fingerprint density at radius 1 is 0.972 bits per heavy atom. The third kappa shape index (κ3) is 7.15. The summed E-state index contributed by atoms with van der Waals surface area (Å²) < 4.78 is 33.8. The molecule has 392 valence electrons. The van der Waals surface area contributed by atoms with Crippen molar-refractivity contribution in [2.24, 2.45) is 69.5 Å². The van der Waals surface area contributed by atoms with Crippen molar-refractivity contribution in [1.29, 1.82) is 0 Å². The van der Waals surface area contributed by atoms with E-state index in [1.807, 2.05) is 19.1 Å². The van der Waals surface area contributed by atoms with E-state index in [4.69, 9.17) is 23.4 Å². The Bertz CT molecular complexity index is 2410. The summed E-state index contributed by atoms with van der Waals surface area (Å²) in [6.07, 6.45) is 13.5. The van der Waals surface area contributed by atoms with Crippen LogP contribution in [0.3, 0.4) is 0 Å². The molecule has 13 heteroatoms. The molecule has 0 amide bonds. The van der Waals surface area contributed by atoms with E-state index in [-0.39, 0.29) is 61.0 Å². The molecule has 1 aromatic heterocycles. The summed E-state index contributed by atoms with van der Waals surface area (Å²) in [6.45, 7) is 10.1. The van der Waals surface area contributed by atoms with E-state index in [0.29, 0.717) is 60.8 Å². The van der Waals surface area contributed by atoms with Crippen molar-refractivity contribution in [3.05, 3.63) is 71.8 Å². The van der Waals surface area contributed by atoms with Crippen LogP contribution in [-0.4, -0.2) is 106 Å². The van der Waals surface area contributed by atoms with Gasteiger partial charge in [-0.3, -0.25) is 14.9 Å². The second kappa shape index (κ2) is 18.3. The van der Waals surface area contributed by atoms with E-state index in [1.54, 1.807) is 6.26 Å². The van der Waals surface area contributed by atoms with Gasteiger partial charge in [0.25, 0.3) is 0 Å². The van der Waals surface area contributed by atoms with Crippen LogP contribution >= 0.6 is 0 Å². The number of ether oxygens (including phenoxy) is 4. The van der Waals surface area contributed by atoms with E-state index >= 15 is 9.59 Å². The number of hydrogen-bond acceptors (Lipinski definition) is 13. The van der Waals surface area contributed by atoms with Gasteiger partial charge in [-0.1, -0.05) is 82.9 Å². The molecular weight excluding hydrogens is 913 g/mol. The highest BCUT2D eigenvalue weighted by Crippen LogP contribution is 2.83. The number of epoxide rings is 1. The predicted octanol–water partition coefficient (Wildman–Crippen LogP) is 7.64. The molecule has 20 atom stereocenters. The number of fused-ring (bicyclic) bond motifs is 4. The highest BCUT2D eigenvalue weighted by Gasteiger charge is 2.93. The normalized spacial score (nSPS) is 45.0. The van der Waals surface area contributed by atoms with Crippen molar-refractivity contribution in [2.45, 2.75) is 178 Å². The third-order valence-electron chi connectivity index (χ3n) is 21.9. The molecule has 13 nitrogen and oxygen atoms in total. The molecule has 9 fully saturated rings. The van der Waals surface area contributed by atoms with Gasteiger partial charge < -0.3 is 43.6 Å². The Labute approximate surface area is 425 Å². The smallest absolute Gasteiger partial charge is 0.339 e. The van der Waals surface area contributed by atoms with Crippen LogP contribution < -0.4 is 5.32 Å². The molecule has 2 spiro atoms. The van der Waals surface area contributed by atoms with Gasteiger partial charge in [0.1, 0.15) is 30.2 Å². The quantitative estimate of drug-likeness (QED) is 0.107. The number of esters is 2. The zero-order valence-electron chi connectivity index (χ0n) is 43.1. The van der Waals surface area contributed by atoms with Gasteiger partial charge in [-0.15, -0.1) is 0 Å². The number of hydrogen-bond donors (Lipinski definition) is 4. The number of Topliss-reactive ketones (excluding diaryl/α,β-unsaturated/α-hetero) is 1. The summed E-state index contributed by atoms with van der Waals surface area (Å²) in [5.74, 6) is -0.426. The number of aliphatic hydroxyl groups excluding tert-OH is 3. The highest BCUT2D eigenvalue weighted by atomic mass is 16.7. The number of aliphatic hydroxyl groups is 3. The number of furan rings is 1. The van der Waals surface area contributed by atoms with Crippen LogP contribution in [0.15, 0.2) is 59.4 Å². The molecule has 1 aromatic carbocycles. The first kappa shape index (κ1) is 49.3. The minimum atomic E-state index is -1.48. The fraction of sp³-hybridized carbons (Fsp3) is 0.746. The van der Waals surface area contributed by atoms with Crippen LogP contribution in [-0.2, 0) is 46.2 Å². The van der Waals surface area contributed by atoms with Crippen molar-refractivity contribution in [2.75, 3.05) is 26.4 Å². The summed E-state index contributed by atoms with van der Waals surface area (Å²) in [4.78, 5) is 47.1. The van der Waals surface area contributed by atoms with Crippen molar-refractivity contribution in [1.82, 2.24) is 10.2 Å². The van der Waals surface area contributed by atoms with Gasteiger partial charge in [0.15, 0.2) is 11.9 Å². The van der Waals surface area contributed by atoms with Crippen molar-refractivity contribution in [3.8, 4) is 0 Å². The van der Waals surface area contributed by atoms with E-state index in [2.05, 4.69) is 67.5 Å². The molecule has 12 rings (SSSR count). The lowest BCUT2D eigenvalue weighted by atomic mass is 9.32. The summed E-state index contributed by atoms with van der Waals surface area (Å²) >= 11 is 0. The topological polar surface area (TPSA) is 181 Å². The van der Waals surface area contributed by atoms with Gasteiger partial charge in [-0.25, -0.2) is 4.79 Å². The maximum absolute atomic E-state index is 16.2. The molecule has 6 aliphatic heterocycles. The lowest BCUT2D eigenvalue weighted by Crippen LogP contribution is -2.79. The van der Waals surface area contributed by atoms with Crippen molar-refractivity contribution in [3.63, 3.8) is 0 Å². The monoisotopic (exact) mass is 993 g/mol. The van der Waals surface area contributed by atoms with E-state index in [0.717, 1.165) is 83.8 Å². The van der Waals surface area contributed by atoms with Crippen LogP contribution in [0.5, 0.6) is 0 Å². The second-order valence-electron chi connectivity index (χ2n) is 25.3. The number of rotatable bonds is 14. The Balaban J connectivity index is 0.945. The number of benzene rings is 1. The standard InChI is InChI=1S/C59H80N2O11/c1-5-10-34(2)17-22-56(4)50-49(65)51(66)58(39-14-9-13-36(26-39)25-35-11-7-6-8-12-35)46(57(50)32-69-48(64)29-47(57)71-56)18-21-55(3)52(70-54(67)53-59(55,58)72-53)41-20-24-68-45(41)28-42(44(63)31-62)37-15-16-40-38(27-37)19-23-61-33-60-30-43(40)61/h6-8,11-12,19-20,23-24,34,36-40,42-44,46-47,50-53,60,62-63,66H,5,9-10,13-18,21-22,25-33H2,1-4H3/t34-,36-,37-,38+,39-,40-,42-,43+,44+,46+,47-,50+,51+,52-,53+,55-,56-,57-,58-,59+/m0/s1. The van der Waals surface area contributed by atoms with Gasteiger partial charge in [-0.2, -0.15) is 0 Å². The lowest BCUT2D eigenvalue weighted by molar-refractivity contribution is -0.276. The molecule has 0 unspecified atom stereocenters. The molecular formula is C59H80N2O11. The Morgan fingerprint density at radius 3 is 2.61 bits per heavy atom. The van der Waals surface area contributed by atoms with Gasteiger partial charge >= 0.3 is 11.9 Å². The zero-order valence-corrected chi connectivity index (χ0v) is 43.1. The summed E-state index contributed by atoms with van der Waals surface area (Å²) in [5.41, 5.74) is -3.43. The fourth-order valence-electron chi connectivity index (χ4n) is 18.9. The number of ketones is 1. The van der Waals surface area contributed by atoms with Crippen LogP contribution in [0, 0.1) is 69.5 Å². The molecule has 4 N–H and O–H groups in total. The number of carbonyl (C=O) groups is 3. The number of carbonyl (C=O) groups excluding carboxylic acids is 3. The first-order valence-electron chi connectivity index (χ1n) is 28.2. The molecule has 0 radical (unpaired) electrons. The molecule has 72 heavy (non-hydrogen) atoms. The number of cyclic esters (lactones) is 2. The largest absolute Gasteiger partial charge is 0.469 e. The van der Waals surface area contributed by atoms with E-state index in [9.17, 15) is 20.1 Å². The second-order valence-corrected chi connectivity index (χ2v) is 25.3. The summed E-state index contributed by atoms with van der Waals surface area (Å²) in [6, 6.07) is 12.9. The molecule has 2 aromatic rings. The Hall–Kier alpha value is -3.59. The van der Waals surface area contributed by atoms with Crippen LogP contribution in [0.25, 0.3) is 0 Å². The summed E-state index contributed by atoms with van der Waals surface area (Å²) in [7, 11) is 0. The molecule has 7 heterocycles. The number of nitrogens with zero attached hydrogens (tertiary/aromatic N) is 1. The van der Waals surface area contributed by atoms with Gasteiger partial charge in [-0.05, 0) is 136 Å². The SMILES string of the molecule is CCC[C@H](C)CC[C@]1(C)O[C@H]2CC(=O)OC[C@]23[C@H]2CC[C@@]4(C)[C@H](c5ccoc5C[C@@H]([C@H]5CC[C@H]6[C@H](C=CN7CNC[C@H]67)C5)[C@H](O)CO)OC(=O)[C@H]5O[C@]54[C@]2([C@H]2CCC[C@@H](Cc4ccccc4)C2)[C@H](O)C(=O)[C@@H]31. The number of allylic oxidation sites excluding steroid dienone is 1. The Kier molecular flexibility index (Phi) is 12.5. The molecule has 5 saturated heterocycles. The molecule has 4 aliphatic carbocycles. The highest BCUT2D eigenvalue weighted by molar-refractivity contribution is 5.92. The minimum Gasteiger partial charge on any atom is -0.469 e. The fourth-order valence-corrected chi connectivity index (χ4v) is 18.9. The zero-order chi connectivity index (χ0) is 50.0. The van der Waals surface area contributed by atoms with Gasteiger partial charge in [0.05, 0.1) is 49.7 Å².